The molecule has 1 amide bonds. The summed E-state index contributed by atoms with van der Waals surface area (Å²) in [4.78, 5) is 24.3. The number of hydrogen-bond donors (Lipinski definition) is 1. The van der Waals surface area contributed by atoms with E-state index in [9.17, 15) is 9.59 Å². The number of amides is 1. The maximum Gasteiger partial charge on any atom is 0.337 e. The lowest BCUT2D eigenvalue weighted by molar-refractivity contribution is -0.132. The second-order valence-electron chi connectivity index (χ2n) is 4.47. The van der Waals surface area contributed by atoms with Crippen molar-refractivity contribution in [3.8, 4) is 5.75 Å². The Hall–Kier alpha value is -1.75. The molecule has 1 saturated carbocycles. The van der Waals surface area contributed by atoms with Crippen LogP contribution in [0.1, 0.15) is 23.2 Å². The van der Waals surface area contributed by atoms with Crippen molar-refractivity contribution in [2.24, 2.45) is 0 Å². The molecule has 1 fully saturated rings. The van der Waals surface area contributed by atoms with Gasteiger partial charge < -0.3 is 14.7 Å². The summed E-state index contributed by atoms with van der Waals surface area (Å²) in [7, 11) is 1.74. The maximum absolute atomic E-state index is 11.7. The van der Waals surface area contributed by atoms with Crippen molar-refractivity contribution in [3.63, 3.8) is 0 Å². The average molecular weight is 284 g/mol. The summed E-state index contributed by atoms with van der Waals surface area (Å²) in [5, 5.41) is 9.06. The van der Waals surface area contributed by atoms with Crippen molar-refractivity contribution < 1.29 is 19.4 Å². The number of ether oxygens (including phenoxy) is 1. The Morgan fingerprint density at radius 2 is 2.16 bits per heavy atom. The monoisotopic (exact) mass is 283 g/mol. The Labute approximate surface area is 115 Å². The van der Waals surface area contributed by atoms with Gasteiger partial charge in [0.2, 0.25) is 0 Å². The number of aromatic carboxylic acids is 1. The molecule has 0 bridgehead atoms. The summed E-state index contributed by atoms with van der Waals surface area (Å²) < 4.78 is 5.30. The van der Waals surface area contributed by atoms with Crippen molar-refractivity contribution >= 4 is 23.5 Å². The van der Waals surface area contributed by atoms with Crippen LogP contribution in [-0.4, -0.2) is 41.6 Å². The number of nitrogens with zero attached hydrogens (tertiary/aromatic N) is 1. The number of carbonyl (C=O) groups excluding carboxylic acids is 1. The minimum absolute atomic E-state index is 0.0397. The highest BCUT2D eigenvalue weighted by Crippen LogP contribution is 2.26. The molecule has 6 heteroatoms. The third kappa shape index (κ3) is 3.38. The van der Waals surface area contributed by atoms with Gasteiger partial charge in [0, 0.05) is 13.1 Å². The summed E-state index contributed by atoms with van der Waals surface area (Å²) in [6.07, 6.45) is 2.07. The fraction of sp³-hybridized carbons (Fsp3) is 0.385. The quantitative estimate of drug-likeness (QED) is 0.898. The van der Waals surface area contributed by atoms with E-state index in [1.165, 1.54) is 12.1 Å². The first kappa shape index (κ1) is 13.7. The Bertz CT molecular complexity index is 513. The van der Waals surface area contributed by atoms with Crippen LogP contribution in [0.5, 0.6) is 5.75 Å². The molecule has 0 heterocycles. The highest BCUT2D eigenvalue weighted by atomic mass is 35.5. The van der Waals surface area contributed by atoms with Gasteiger partial charge in [0.1, 0.15) is 5.75 Å². The molecule has 0 unspecified atom stereocenters. The van der Waals surface area contributed by atoms with E-state index in [-0.39, 0.29) is 23.1 Å². The third-order valence-corrected chi connectivity index (χ3v) is 3.35. The molecule has 19 heavy (non-hydrogen) atoms. The Kier molecular flexibility index (Phi) is 3.95. The molecule has 1 aliphatic rings. The van der Waals surface area contributed by atoms with E-state index in [0.29, 0.717) is 11.8 Å². The van der Waals surface area contributed by atoms with E-state index in [0.717, 1.165) is 12.8 Å². The number of benzene rings is 1. The smallest absolute Gasteiger partial charge is 0.337 e. The highest BCUT2D eigenvalue weighted by molar-refractivity contribution is 6.33. The normalized spacial score (nSPS) is 14.0. The van der Waals surface area contributed by atoms with Gasteiger partial charge in [0.25, 0.3) is 5.91 Å². The molecule has 5 nitrogen and oxygen atoms in total. The summed E-state index contributed by atoms with van der Waals surface area (Å²) in [5.41, 5.74) is -0.0397. The van der Waals surface area contributed by atoms with E-state index in [1.54, 1.807) is 18.0 Å². The topological polar surface area (TPSA) is 66.8 Å². The summed E-state index contributed by atoms with van der Waals surface area (Å²) in [5.74, 6) is -0.925. The van der Waals surface area contributed by atoms with Crippen LogP contribution in [0.25, 0.3) is 0 Å². The van der Waals surface area contributed by atoms with Crippen molar-refractivity contribution in [2.75, 3.05) is 13.7 Å². The predicted octanol–water partition coefficient (Wildman–Crippen LogP) is 2.04. The second kappa shape index (κ2) is 5.48. The molecule has 0 spiro atoms. The van der Waals surface area contributed by atoms with Crippen LogP contribution in [0.2, 0.25) is 5.02 Å². The van der Waals surface area contributed by atoms with Crippen LogP contribution in [0, 0.1) is 0 Å². The molecule has 0 radical (unpaired) electrons. The number of carboxylic acid groups (broad SMARTS) is 1. The molecule has 1 aliphatic carbocycles. The lowest BCUT2D eigenvalue weighted by atomic mass is 10.2. The zero-order chi connectivity index (χ0) is 14.0. The largest absolute Gasteiger partial charge is 0.484 e. The van der Waals surface area contributed by atoms with Gasteiger partial charge in [-0.25, -0.2) is 4.79 Å². The van der Waals surface area contributed by atoms with Gasteiger partial charge in [-0.1, -0.05) is 11.6 Å². The van der Waals surface area contributed by atoms with Gasteiger partial charge >= 0.3 is 5.97 Å². The summed E-state index contributed by atoms with van der Waals surface area (Å²) in [6.45, 7) is -0.103. The number of halogens is 1. The van der Waals surface area contributed by atoms with Crippen molar-refractivity contribution in [3.05, 3.63) is 28.8 Å². The summed E-state index contributed by atoms with van der Waals surface area (Å²) >= 11 is 5.74. The molecule has 0 aliphatic heterocycles. The van der Waals surface area contributed by atoms with E-state index < -0.39 is 5.97 Å². The molecule has 0 saturated heterocycles. The predicted molar refractivity (Wildman–Crippen MR) is 69.7 cm³/mol. The first-order valence-electron chi connectivity index (χ1n) is 5.90. The SMILES string of the molecule is CN(C(=O)COc1ccc(Cl)c(C(=O)O)c1)C1CC1. The minimum atomic E-state index is -1.13. The minimum Gasteiger partial charge on any atom is -0.484 e. The van der Waals surface area contributed by atoms with E-state index in [2.05, 4.69) is 0 Å². The lowest BCUT2D eigenvalue weighted by Crippen LogP contribution is -2.33. The van der Waals surface area contributed by atoms with Gasteiger partial charge in [0.05, 0.1) is 10.6 Å². The fourth-order valence-electron chi connectivity index (χ4n) is 1.67. The zero-order valence-corrected chi connectivity index (χ0v) is 11.2. The molecule has 1 aromatic rings. The van der Waals surface area contributed by atoms with E-state index >= 15 is 0 Å². The number of carbonyl (C=O) groups is 2. The third-order valence-electron chi connectivity index (χ3n) is 3.02. The van der Waals surface area contributed by atoms with Crippen molar-refractivity contribution in [1.82, 2.24) is 4.90 Å². The number of carboxylic acids is 1. The van der Waals surface area contributed by atoms with Crippen LogP contribution in [0.15, 0.2) is 18.2 Å². The zero-order valence-electron chi connectivity index (χ0n) is 10.4. The highest BCUT2D eigenvalue weighted by Gasteiger charge is 2.29. The maximum atomic E-state index is 11.7. The average Bonchev–Trinajstić information content (AvgIpc) is 3.20. The van der Waals surface area contributed by atoms with Gasteiger partial charge in [-0.2, -0.15) is 0 Å². The molecular formula is C13H14ClNO4. The number of likely N-dealkylation sites (N-methyl/N-ethyl adjacent to an activating group) is 1. The fourth-order valence-corrected chi connectivity index (χ4v) is 1.87. The van der Waals surface area contributed by atoms with Crippen LogP contribution < -0.4 is 4.74 Å². The van der Waals surface area contributed by atoms with Crippen LogP contribution >= 0.6 is 11.6 Å². The Balaban J connectivity index is 1.97. The second-order valence-corrected chi connectivity index (χ2v) is 4.88. The Morgan fingerprint density at radius 1 is 1.47 bits per heavy atom. The number of rotatable bonds is 5. The lowest BCUT2D eigenvalue weighted by Gasteiger charge is -2.16. The molecule has 2 rings (SSSR count). The standard InChI is InChI=1S/C13H14ClNO4/c1-15(8-2-3-8)12(16)7-19-9-4-5-11(14)10(6-9)13(17)18/h4-6,8H,2-3,7H2,1H3,(H,17,18). The van der Waals surface area contributed by atoms with Gasteiger partial charge in [0.15, 0.2) is 6.61 Å². The molecular weight excluding hydrogens is 270 g/mol. The van der Waals surface area contributed by atoms with E-state index in [1.807, 2.05) is 0 Å². The first-order valence-corrected chi connectivity index (χ1v) is 6.28. The van der Waals surface area contributed by atoms with Crippen molar-refractivity contribution in [2.45, 2.75) is 18.9 Å². The van der Waals surface area contributed by atoms with Crippen LogP contribution in [0.4, 0.5) is 0 Å². The summed E-state index contributed by atoms with van der Waals surface area (Å²) in [6, 6.07) is 4.62. The molecule has 0 atom stereocenters. The van der Waals surface area contributed by atoms with E-state index in [4.69, 9.17) is 21.4 Å². The molecule has 0 aromatic heterocycles. The molecule has 102 valence electrons. The van der Waals surface area contributed by atoms with Gasteiger partial charge in [-0.05, 0) is 31.0 Å². The first-order chi connectivity index (χ1) is 8.99. The molecule has 1 aromatic carbocycles. The van der Waals surface area contributed by atoms with Gasteiger partial charge in [-0.3, -0.25) is 4.79 Å². The number of hydrogen-bond acceptors (Lipinski definition) is 3. The van der Waals surface area contributed by atoms with Crippen LogP contribution in [-0.2, 0) is 4.79 Å². The van der Waals surface area contributed by atoms with Gasteiger partial charge in [-0.15, -0.1) is 0 Å². The Morgan fingerprint density at radius 3 is 2.74 bits per heavy atom. The molecule has 1 N–H and O–H groups in total. The van der Waals surface area contributed by atoms with Crippen molar-refractivity contribution in [1.29, 1.82) is 0 Å². The van der Waals surface area contributed by atoms with Crippen LogP contribution in [0.3, 0.4) is 0 Å².